The normalized spacial score (nSPS) is 35.1. The van der Waals surface area contributed by atoms with Crippen LogP contribution in [0.2, 0.25) is 0 Å². The first-order valence-corrected chi connectivity index (χ1v) is 8.42. The second-order valence-electron chi connectivity index (χ2n) is 7.11. The van der Waals surface area contributed by atoms with Gasteiger partial charge in [-0.2, -0.15) is 0 Å². The molecule has 3 aliphatic rings. The van der Waals surface area contributed by atoms with Gasteiger partial charge in [-0.1, -0.05) is 0 Å². The fourth-order valence-electron chi connectivity index (χ4n) is 3.98. The number of hydrogen-bond acceptors (Lipinski definition) is 4. The van der Waals surface area contributed by atoms with Crippen molar-refractivity contribution in [2.75, 3.05) is 53.5 Å². The topological polar surface area (TPSA) is 19.0 Å². The molecule has 0 aromatic rings. The summed E-state index contributed by atoms with van der Waals surface area (Å²) in [6, 6.07) is 0.792. The number of rotatable bonds is 4. The van der Waals surface area contributed by atoms with Gasteiger partial charge < -0.3 is 9.64 Å². The zero-order valence-electron chi connectivity index (χ0n) is 13.3. The van der Waals surface area contributed by atoms with Gasteiger partial charge in [0.2, 0.25) is 0 Å². The van der Waals surface area contributed by atoms with E-state index in [1.165, 1.54) is 71.5 Å². The Hall–Kier alpha value is -0.160. The molecule has 0 bridgehead atoms. The van der Waals surface area contributed by atoms with E-state index < -0.39 is 0 Å². The van der Waals surface area contributed by atoms with Crippen LogP contribution in [0.5, 0.6) is 0 Å². The summed E-state index contributed by atoms with van der Waals surface area (Å²) in [6.45, 7) is 7.72. The highest BCUT2D eigenvalue weighted by molar-refractivity contribution is 4.89. The summed E-state index contributed by atoms with van der Waals surface area (Å²) in [5, 5.41) is 0. The van der Waals surface area contributed by atoms with E-state index in [4.69, 9.17) is 4.74 Å². The molecular formula is C16H31N3O. The summed E-state index contributed by atoms with van der Waals surface area (Å²) in [6.07, 6.45) is 7.16. The zero-order valence-corrected chi connectivity index (χ0v) is 13.3. The monoisotopic (exact) mass is 281 g/mol. The Balaban J connectivity index is 1.42. The first-order chi connectivity index (χ1) is 9.74. The van der Waals surface area contributed by atoms with Crippen LogP contribution in [-0.4, -0.2) is 80.4 Å². The summed E-state index contributed by atoms with van der Waals surface area (Å²) in [5.74, 6) is 0.930. The van der Waals surface area contributed by atoms with Crippen LogP contribution >= 0.6 is 0 Å². The number of likely N-dealkylation sites (tertiary alicyclic amines) is 1. The van der Waals surface area contributed by atoms with Crippen molar-refractivity contribution in [2.45, 2.75) is 44.2 Å². The van der Waals surface area contributed by atoms with Crippen LogP contribution in [0.4, 0.5) is 0 Å². The highest BCUT2D eigenvalue weighted by Crippen LogP contribution is 2.29. The highest BCUT2D eigenvalue weighted by Gasteiger charge is 2.35. The minimum atomic E-state index is 0.532. The molecule has 4 heteroatoms. The van der Waals surface area contributed by atoms with Crippen LogP contribution in [-0.2, 0) is 4.74 Å². The number of hydrogen-bond donors (Lipinski definition) is 0. The van der Waals surface area contributed by atoms with Crippen LogP contribution in [0, 0.1) is 5.92 Å². The van der Waals surface area contributed by atoms with Crippen molar-refractivity contribution in [1.29, 1.82) is 0 Å². The van der Waals surface area contributed by atoms with E-state index in [1.807, 2.05) is 7.11 Å². The molecule has 0 spiro atoms. The third-order valence-electron chi connectivity index (χ3n) is 5.58. The van der Waals surface area contributed by atoms with Gasteiger partial charge in [0.1, 0.15) is 0 Å². The van der Waals surface area contributed by atoms with E-state index in [1.54, 1.807) is 0 Å². The van der Waals surface area contributed by atoms with Crippen molar-refractivity contribution < 1.29 is 4.74 Å². The van der Waals surface area contributed by atoms with Crippen molar-refractivity contribution >= 4 is 0 Å². The SMILES string of the molecule is COC1CC(N2CCCN(CC3CCN(C)CC3)C2)C1. The van der Waals surface area contributed by atoms with Gasteiger partial charge in [-0.05, 0) is 58.2 Å². The number of ether oxygens (including phenoxy) is 1. The van der Waals surface area contributed by atoms with E-state index in [-0.39, 0.29) is 0 Å². The molecule has 0 unspecified atom stereocenters. The third kappa shape index (κ3) is 3.53. The van der Waals surface area contributed by atoms with Crippen LogP contribution < -0.4 is 0 Å². The minimum absolute atomic E-state index is 0.532. The van der Waals surface area contributed by atoms with Gasteiger partial charge in [-0.15, -0.1) is 0 Å². The lowest BCUT2D eigenvalue weighted by molar-refractivity contribution is -0.0581. The van der Waals surface area contributed by atoms with Crippen LogP contribution in [0.15, 0.2) is 0 Å². The van der Waals surface area contributed by atoms with Gasteiger partial charge in [0.05, 0.1) is 12.8 Å². The Morgan fingerprint density at radius 1 is 1.05 bits per heavy atom. The largest absolute Gasteiger partial charge is 0.381 e. The first-order valence-electron chi connectivity index (χ1n) is 8.42. The van der Waals surface area contributed by atoms with Gasteiger partial charge >= 0.3 is 0 Å². The van der Waals surface area contributed by atoms with E-state index in [0.29, 0.717) is 6.10 Å². The molecule has 0 radical (unpaired) electrons. The maximum Gasteiger partial charge on any atom is 0.0601 e. The van der Waals surface area contributed by atoms with Crippen molar-refractivity contribution in [3.05, 3.63) is 0 Å². The van der Waals surface area contributed by atoms with E-state index in [0.717, 1.165) is 12.0 Å². The number of piperidine rings is 1. The van der Waals surface area contributed by atoms with Crippen LogP contribution in [0.1, 0.15) is 32.1 Å². The molecule has 0 N–H and O–H groups in total. The highest BCUT2D eigenvalue weighted by atomic mass is 16.5. The van der Waals surface area contributed by atoms with E-state index >= 15 is 0 Å². The quantitative estimate of drug-likeness (QED) is 0.777. The smallest absolute Gasteiger partial charge is 0.0601 e. The molecule has 4 nitrogen and oxygen atoms in total. The van der Waals surface area contributed by atoms with Gasteiger partial charge in [0.25, 0.3) is 0 Å². The summed E-state index contributed by atoms with van der Waals surface area (Å²) in [5.41, 5.74) is 0. The van der Waals surface area contributed by atoms with Gasteiger partial charge in [0, 0.05) is 32.8 Å². The lowest BCUT2D eigenvalue weighted by Crippen LogP contribution is -2.55. The second kappa shape index (κ2) is 6.73. The Bertz CT molecular complexity index is 298. The maximum absolute atomic E-state index is 5.42. The lowest BCUT2D eigenvalue weighted by atomic mass is 9.87. The average molecular weight is 281 g/mol. The van der Waals surface area contributed by atoms with Crippen molar-refractivity contribution in [2.24, 2.45) is 5.92 Å². The van der Waals surface area contributed by atoms with Crippen molar-refractivity contribution in [3.8, 4) is 0 Å². The molecule has 0 atom stereocenters. The number of nitrogens with zero attached hydrogens (tertiary/aromatic N) is 3. The molecule has 20 heavy (non-hydrogen) atoms. The molecule has 3 fully saturated rings. The van der Waals surface area contributed by atoms with Crippen LogP contribution in [0.3, 0.4) is 0 Å². The summed E-state index contributed by atoms with van der Waals surface area (Å²) < 4.78 is 5.42. The molecule has 2 heterocycles. The van der Waals surface area contributed by atoms with Crippen molar-refractivity contribution in [1.82, 2.24) is 14.7 Å². The molecule has 2 aliphatic heterocycles. The Kier molecular flexibility index (Phi) is 4.97. The number of methoxy groups -OCH3 is 1. The molecule has 2 saturated heterocycles. The van der Waals surface area contributed by atoms with E-state index in [9.17, 15) is 0 Å². The molecular weight excluding hydrogens is 250 g/mol. The molecule has 0 aromatic carbocycles. The van der Waals surface area contributed by atoms with Gasteiger partial charge in [-0.3, -0.25) is 9.80 Å². The third-order valence-corrected chi connectivity index (χ3v) is 5.58. The molecule has 0 amide bonds. The van der Waals surface area contributed by atoms with Crippen LogP contribution in [0.25, 0.3) is 0 Å². The molecule has 1 saturated carbocycles. The zero-order chi connectivity index (χ0) is 13.9. The Labute approximate surface area is 124 Å². The predicted molar refractivity (Wildman–Crippen MR) is 81.8 cm³/mol. The Morgan fingerprint density at radius 2 is 1.80 bits per heavy atom. The summed E-state index contributed by atoms with van der Waals surface area (Å²) in [4.78, 5) is 7.88. The molecule has 1 aliphatic carbocycles. The fraction of sp³-hybridized carbons (Fsp3) is 1.00. The standard InChI is InChI=1S/C16H31N3O/c1-17-8-4-14(5-9-17)12-18-6-3-7-19(13-18)15-10-16(11-15)20-2/h14-16H,3-13H2,1-2H3. The average Bonchev–Trinajstić information content (AvgIpc) is 2.41. The van der Waals surface area contributed by atoms with E-state index in [2.05, 4.69) is 21.7 Å². The van der Waals surface area contributed by atoms with Gasteiger partial charge in [0.15, 0.2) is 0 Å². The predicted octanol–water partition coefficient (Wildman–Crippen LogP) is 1.47. The minimum Gasteiger partial charge on any atom is -0.381 e. The summed E-state index contributed by atoms with van der Waals surface area (Å²) >= 11 is 0. The second-order valence-corrected chi connectivity index (χ2v) is 7.11. The fourth-order valence-corrected chi connectivity index (χ4v) is 3.98. The summed E-state index contributed by atoms with van der Waals surface area (Å²) in [7, 11) is 4.10. The van der Waals surface area contributed by atoms with Crippen molar-refractivity contribution in [3.63, 3.8) is 0 Å². The molecule has 0 aromatic heterocycles. The Morgan fingerprint density at radius 3 is 2.50 bits per heavy atom. The molecule has 3 rings (SSSR count). The maximum atomic E-state index is 5.42. The van der Waals surface area contributed by atoms with Gasteiger partial charge in [-0.25, -0.2) is 0 Å². The lowest BCUT2D eigenvalue weighted by Gasteiger charge is -2.47. The first kappa shape index (κ1) is 14.8. The molecule has 116 valence electrons.